The second-order valence-electron chi connectivity index (χ2n) is 7.18. The van der Waals surface area contributed by atoms with Crippen molar-refractivity contribution >= 4 is 35.8 Å². The van der Waals surface area contributed by atoms with Gasteiger partial charge in [0.25, 0.3) is 0 Å². The highest BCUT2D eigenvalue weighted by atomic mass is 31.1. The normalized spacial score (nSPS) is 11.5. The van der Waals surface area contributed by atoms with Gasteiger partial charge in [0.15, 0.2) is 0 Å². The number of para-hydroxylation sites is 1. The van der Waals surface area contributed by atoms with Gasteiger partial charge in [-0.3, -0.25) is 4.99 Å². The standard InChI is InChI=1S/C27H25N2P/c1-21-12-9-10-19-27(21)28-22(2)23-13-11-14-24(20-23)29-30(25-15-5-3-6-16-25)26-17-7-4-8-18-26/h3-20,29H,1-2H3. The van der Waals surface area contributed by atoms with Gasteiger partial charge in [0, 0.05) is 22.0 Å². The fourth-order valence-corrected chi connectivity index (χ4v) is 5.20. The summed E-state index contributed by atoms with van der Waals surface area (Å²) in [5.41, 5.74) is 5.44. The first-order valence-corrected chi connectivity index (χ1v) is 11.4. The summed E-state index contributed by atoms with van der Waals surface area (Å²) < 4.78 is 0. The molecule has 0 bridgehead atoms. The van der Waals surface area contributed by atoms with Gasteiger partial charge in [-0.15, -0.1) is 0 Å². The Bertz CT molecular complexity index is 1100. The summed E-state index contributed by atoms with van der Waals surface area (Å²) in [5.74, 6) is 0. The minimum Gasteiger partial charge on any atom is -0.357 e. The molecule has 4 aromatic carbocycles. The Hall–Kier alpha value is -3.22. The molecule has 0 amide bonds. The van der Waals surface area contributed by atoms with E-state index in [0.29, 0.717) is 0 Å². The molecule has 3 heteroatoms. The third-order valence-electron chi connectivity index (χ3n) is 4.95. The molecule has 30 heavy (non-hydrogen) atoms. The van der Waals surface area contributed by atoms with Crippen molar-refractivity contribution in [2.24, 2.45) is 4.99 Å². The third kappa shape index (κ3) is 4.84. The van der Waals surface area contributed by atoms with Crippen molar-refractivity contribution in [1.82, 2.24) is 0 Å². The molecule has 4 rings (SSSR count). The first-order valence-electron chi connectivity index (χ1n) is 10.1. The van der Waals surface area contributed by atoms with E-state index in [9.17, 15) is 0 Å². The van der Waals surface area contributed by atoms with Crippen molar-refractivity contribution in [2.75, 3.05) is 5.09 Å². The van der Waals surface area contributed by atoms with E-state index in [1.54, 1.807) is 0 Å². The van der Waals surface area contributed by atoms with Crippen LogP contribution in [0.2, 0.25) is 0 Å². The number of rotatable bonds is 6. The maximum Gasteiger partial charge on any atom is 0.0662 e. The predicted molar refractivity (Wildman–Crippen MR) is 132 cm³/mol. The highest BCUT2D eigenvalue weighted by Gasteiger charge is 2.14. The second kappa shape index (κ2) is 9.52. The predicted octanol–water partition coefficient (Wildman–Crippen LogP) is 6.60. The molecule has 4 aromatic rings. The first kappa shape index (κ1) is 20.1. The fourth-order valence-electron chi connectivity index (χ4n) is 3.31. The van der Waals surface area contributed by atoms with Crippen LogP contribution in [0.3, 0.4) is 0 Å². The molecule has 0 saturated carbocycles. The molecule has 0 aliphatic rings. The van der Waals surface area contributed by atoms with Crippen LogP contribution in [0.25, 0.3) is 0 Å². The molecular formula is C27H25N2P. The van der Waals surface area contributed by atoms with Gasteiger partial charge in [0.1, 0.15) is 0 Å². The maximum absolute atomic E-state index is 4.86. The minimum atomic E-state index is -0.702. The summed E-state index contributed by atoms with van der Waals surface area (Å²) in [6, 6.07) is 38.1. The van der Waals surface area contributed by atoms with E-state index in [1.165, 1.54) is 16.2 Å². The smallest absolute Gasteiger partial charge is 0.0662 e. The number of anilines is 1. The second-order valence-corrected chi connectivity index (χ2v) is 9.11. The molecule has 0 spiro atoms. The summed E-state index contributed by atoms with van der Waals surface area (Å²) in [5, 5.41) is 6.39. The SMILES string of the molecule is CC(=Nc1ccccc1C)c1cccc(NP(c2ccccc2)c2ccccc2)c1. The highest BCUT2D eigenvalue weighted by molar-refractivity contribution is 7.74. The molecule has 0 heterocycles. The van der Waals surface area contributed by atoms with Gasteiger partial charge in [-0.2, -0.15) is 0 Å². The number of nitrogens with one attached hydrogen (secondary N) is 1. The molecule has 0 unspecified atom stereocenters. The van der Waals surface area contributed by atoms with E-state index in [0.717, 1.165) is 22.6 Å². The Morgan fingerprint density at radius 1 is 0.700 bits per heavy atom. The highest BCUT2D eigenvalue weighted by Crippen LogP contribution is 2.34. The lowest BCUT2D eigenvalue weighted by atomic mass is 10.1. The quantitative estimate of drug-likeness (QED) is 0.282. The van der Waals surface area contributed by atoms with Gasteiger partial charge in [0.05, 0.1) is 13.8 Å². The van der Waals surface area contributed by atoms with Crippen LogP contribution in [0.1, 0.15) is 18.1 Å². The van der Waals surface area contributed by atoms with Gasteiger partial charge in [-0.1, -0.05) is 91.0 Å². The van der Waals surface area contributed by atoms with E-state index in [4.69, 9.17) is 4.99 Å². The molecule has 0 aliphatic heterocycles. The van der Waals surface area contributed by atoms with Gasteiger partial charge >= 0.3 is 0 Å². The zero-order valence-corrected chi connectivity index (χ0v) is 18.2. The number of aliphatic imine (C=N–C) groups is 1. The van der Waals surface area contributed by atoms with Crippen molar-refractivity contribution < 1.29 is 0 Å². The van der Waals surface area contributed by atoms with Gasteiger partial charge in [0.2, 0.25) is 0 Å². The van der Waals surface area contributed by atoms with Crippen LogP contribution in [0.15, 0.2) is 114 Å². The van der Waals surface area contributed by atoms with E-state index in [1.807, 2.05) is 12.1 Å². The van der Waals surface area contributed by atoms with Crippen LogP contribution in [0.4, 0.5) is 11.4 Å². The van der Waals surface area contributed by atoms with Crippen molar-refractivity contribution in [2.45, 2.75) is 13.8 Å². The molecule has 0 atom stereocenters. The van der Waals surface area contributed by atoms with E-state index in [2.05, 4.69) is 116 Å². The number of nitrogens with zero attached hydrogens (tertiary/aromatic N) is 1. The average Bonchev–Trinajstić information content (AvgIpc) is 2.80. The Kier molecular flexibility index (Phi) is 6.37. The van der Waals surface area contributed by atoms with Gasteiger partial charge in [-0.25, -0.2) is 0 Å². The molecule has 0 saturated heterocycles. The summed E-state index contributed by atoms with van der Waals surface area (Å²) in [4.78, 5) is 4.86. The number of hydrogen-bond acceptors (Lipinski definition) is 2. The van der Waals surface area contributed by atoms with Crippen LogP contribution in [-0.2, 0) is 0 Å². The number of aryl methyl sites for hydroxylation is 1. The van der Waals surface area contributed by atoms with E-state index in [-0.39, 0.29) is 0 Å². The molecule has 0 aromatic heterocycles. The number of benzene rings is 4. The lowest BCUT2D eigenvalue weighted by molar-refractivity contribution is 1.38. The maximum atomic E-state index is 4.86. The lowest BCUT2D eigenvalue weighted by Crippen LogP contribution is -2.17. The lowest BCUT2D eigenvalue weighted by Gasteiger charge is -2.21. The van der Waals surface area contributed by atoms with Crippen LogP contribution in [0, 0.1) is 6.92 Å². The molecule has 0 fully saturated rings. The molecular weight excluding hydrogens is 383 g/mol. The van der Waals surface area contributed by atoms with Crippen LogP contribution < -0.4 is 15.7 Å². The van der Waals surface area contributed by atoms with Crippen LogP contribution >= 0.6 is 8.07 Å². The summed E-state index contributed by atoms with van der Waals surface area (Å²) in [6.45, 7) is 4.17. The molecule has 1 N–H and O–H groups in total. The topological polar surface area (TPSA) is 24.4 Å². The van der Waals surface area contributed by atoms with Crippen molar-refractivity contribution in [3.8, 4) is 0 Å². The van der Waals surface area contributed by atoms with Gasteiger partial charge < -0.3 is 5.09 Å². The average molecular weight is 408 g/mol. The Balaban J connectivity index is 1.65. The Labute approximate surface area is 180 Å². The van der Waals surface area contributed by atoms with E-state index >= 15 is 0 Å². The largest absolute Gasteiger partial charge is 0.357 e. The van der Waals surface area contributed by atoms with Crippen molar-refractivity contribution in [3.63, 3.8) is 0 Å². The first-order chi connectivity index (χ1) is 14.7. The van der Waals surface area contributed by atoms with Crippen molar-refractivity contribution in [1.29, 1.82) is 0 Å². The van der Waals surface area contributed by atoms with Crippen molar-refractivity contribution in [3.05, 3.63) is 120 Å². The van der Waals surface area contributed by atoms with Crippen LogP contribution in [0.5, 0.6) is 0 Å². The van der Waals surface area contributed by atoms with Gasteiger partial charge in [-0.05, 0) is 43.2 Å². The Morgan fingerprint density at radius 3 is 1.93 bits per heavy atom. The Morgan fingerprint density at radius 2 is 1.30 bits per heavy atom. The summed E-state index contributed by atoms with van der Waals surface area (Å²) in [6.07, 6.45) is 0. The minimum absolute atomic E-state index is 0.702. The third-order valence-corrected chi connectivity index (χ3v) is 7.06. The number of hydrogen-bond donors (Lipinski definition) is 1. The molecule has 0 radical (unpaired) electrons. The monoisotopic (exact) mass is 408 g/mol. The molecule has 0 aliphatic carbocycles. The summed E-state index contributed by atoms with van der Waals surface area (Å²) >= 11 is 0. The zero-order valence-electron chi connectivity index (χ0n) is 17.3. The fraction of sp³-hybridized carbons (Fsp3) is 0.0741. The van der Waals surface area contributed by atoms with E-state index < -0.39 is 8.07 Å². The summed E-state index contributed by atoms with van der Waals surface area (Å²) in [7, 11) is -0.702. The molecule has 148 valence electrons. The van der Waals surface area contributed by atoms with Crippen LogP contribution in [-0.4, -0.2) is 5.71 Å². The zero-order chi connectivity index (χ0) is 20.8. The molecule has 2 nitrogen and oxygen atoms in total.